The molecule has 16 aromatic carbocycles. The first-order chi connectivity index (χ1) is 43.7. The van der Waals surface area contributed by atoms with E-state index in [0.717, 1.165) is 34.1 Å². The largest absolute Gasteiger partial charge is 0.310 e. The summed E-state index contributed by atoms with van der Waals surface area (Å²) in [5.41, 5.74) is 17.1. The standard InChI is InChI=1S/C86H56N2/c1-5-31-63(32-6-1)85(75-51-47-59-27-17-19-39-69(59)81(75)83-73-43-23-21-41-71(73)79(55-77(83)85)87(65-35-9-3-10-36-65)67-49-45-57-25-13-15-29-61(57)53-67)86(64-33-7-2-8-34-64)76-52-48-60-28-18-20-40-70(60)82(76)84-74-44-24-22-42-72(74)80(56-78(84)86)88(66-37-11-4-12-38-66)68-50-46-58-26-14-16-30-62(58)54-68/h1-56H. The monoisotopic (exact) mass is 1120 g/mol. The Morgan fingerprint density at radius 3 is 0.875 bits per heavy atom. The van der Waals surface area contributed by atoms with Gasteiger partial charge in [-0.2, -0.15) is 0 Å². The van der Waals surface area contributed by atoms with Gasteiger partial charge in [0, 0.05) is 33.5 Å². The van der Waals surface area contributed by atoms with Crippen molar-refractivity contribution in [3.05, 3.63) is 373 Å². The van der Waals surface area contributed by atoms with E-state index in [-0.39, 0.29) is 0 Å². The molecule has 0 saturated carbocycles. The lowest BCUT2D eigenvalue weighted by Crippen LogP contribution is -2.50. The molecule has 0 saturated heterocycles. The van der Waals surface area contributed by atoms with E-state index in [0.29, 0.717) is 0 Å². The van der Waals surface area contributed by atoms with Gasteiger partial charge in [-0.3, -0.25) is 0 Å². The molecule has 0 N–H and O–H groups in total. The summed E-state index contributed by atoms with van der Waals surface area (Å²) >= 11 is 0. The Balaban J connectivity index is 1.08. The molecule has 0 aliphatic heterocycles. The van der Waals surface area contributed by atoms with E-state index in [1.807, 2.05) is 0 Å². The minimum Gasteiger partial charge on any atom is -0.310 e. The molecule has 0 radical (unpaired) electrons. The van der Waals surface area contributed by atoms with E-state index in [4.69, 9.17) is 0 Å². The van der Waals surface area contributed by atoms with Gasteiger partial charge in [0.25, 0.3) is 0 Å². The van der Waals surface area contributed by atoms with Gasteiger partial charge in [0.1, 0.15) is 0 Å². The second-order valence-corrected chi connectivity index (χ2v) is 23.8. The molecule has 2 aliphatic carbocycles. The fourth-order valence-electron chi connectivity index (χ4n) is 16.1. The van der Waals surface area contributed by atoms with Crippen LogP contribution in [-0.2, 0) is 10.8 Å². The van der Waals surface area contributed by atoms with E-state index in [1.54, 1.807) is 0 Å². The zero-order valence-corrected chi connectivity index (χ0v) is 48.2. The Morgan fingerprint density at radius 1 is 0.182 bits per heavy atom. The molecule has 2 nitrogen and oxygen atoms in total. The molecule has 88 heavy (non-hydrogen) atoms. The highest BCUT2D eigenvalue weighted by Gasteiger charge is 2.65. The van der Waals surface area contributed by atoms with Crippen LogP contribution in [0.15, 0.2) is 340 Å². The van der Waals surface area contributed by atoms with Crippen LogP contribution in [0.5, 0.6) is 0 Å². The zero-order chi connectivity index (χ0) is 57.9. The van der Waals surface area contributed by atoms with Gasteiger partial charge in [0.05, 0.1) is 22.2 Å². The van der Waals surface area contributed by atoms with Crippen LogP contribution in [0, 0.1) is 0 Å². The number of anilines is 6. The lowest BCUT2D eigenvalue weighted by molar-refractivity contribution is 0.438. The van der Waals surface area contributed by atoms with Crippen LogP contribution in [0.1, 0.15) is 33.4 Å². The fraction of sp³-hybridized carbons (Fsp3) is 0.0233. The van der Waals surface area contributed by atoms with Crippen LogP contribution in [0.25, 0.3) is 86.9 Å². The Labute approximate surface area is 511 Å². The molecule has 0 aromatic heterocycles. The summed E-state index contributed by atoms with van der Waals surface area (Å²) < 4.78 is 0. The molecule has 0 fully saturated rings. The van der Waals surface area contributed by atoms with Crippen LogP contribution >= 0.6 is 0 Å². The maximum atomic E-state index is 2.64. The van der Waals surface area contributed by atoms with Gasteiger partial charge in [-0.25, -0.2) is 0 Å². The van der Waals surface area contributed by atoms with Crippen molar-refractivity contribution < 1.29 is 0 Å². The van der Waals surface area contributed by atoms with Gasteiger partial charge in [0.15, 0.2) is 0 Å². The van der Waals surface area contributed by atoms with Crippen molar-refractivity contribution in [1.82, 2.24) is 0 Å². The Kier molecular flexibility index (Phi) is 11.2. The highest BCUT2D eigenvalue weighted by molar-refractivity contribution is 6.20. The van der Waals surface area contributed by atoms with E-state index >= 15 is 0 Å². The molecule has 2 aliphatic rings. The third-order valence-electron chi connectivity index (χ3n) is 19.5. The maximum absolute atomic E-state index is 2.64. The van der Waals surface area contributed by atoms with Crippen molar-refractivity contribution in [3.63, 3.8) is 0 Å². The Morgan fingerprint density at radius 2 is 0.477 bits per heavy atom. The lowest BCUT2D eigenvalue weighted by atomic mass is 9.49. The average Bonchev–Trinajstić information content (AvgIpc) is 1.46. The highest BCUT2D eigenvalue weighted by atomic mass is 15.2. The summed E-state index contributed by atoms with van der Waals surface area (Å²) in [6, 6.07) is 129. The smallest absolute Gasteiger partial charge is 0.0642 e. The third-order valence-corrected chi connectivity index (χ3v) is 19.5. The molecule has 16 aromatic rings. The van der Waals surface area contributed by atoms with Crippen molar-refractivity contribution in [3.8, 4) is 22.3 Å². The van der Waals surface area contributed by atoms with E-state index in [1.165, 1.54) is 120 Å². The van der Waals surface area contributed by atoms with E-state index in [9.17, 15) is 0 Å². The molecule has 2 unspecified atom stereocenters. The number of rotatable bonds is 9. The molecule has 2 atom stereocenters. The molecule has 2 heteroatoms. The molecular weight excluding hydrogens is 1060 g/mol. The average molecular weight is 1120 g/mol. The van der Waals surface area contributed by atoms with Crippen LogP contribution in [-0.4, -0.2) is 0 Å². The first-order valence-electron chi connectivity index (χ1n) is 30.7. The summed E-state index contributed by atoms with van der Waals surface area (Å²) in [5.74, 6) is 0. The van der Waals surface area contributed by atoms with E-state index in [2.05, 4.69) is 350 Å². The number of para-hydroxylation sites is 2. The minimum atomic E-state index is -0.989. The number of benzene rings is 16. The SMILES string of the molecule is c1ccc(N(c2ccc3ccccc3c2)c2cc3c(c4ccccc24)-c2c(ccc4ccccc24)C3(c2ccccc2)C2(c3ccccc3)c3ccc4ccccc4c3-c3c2cc(N(c2ccccc2)c2ccc4ccccc4c2)c2ccccc32)cc1. The van der Waals surface area contributed by atoms with E-state index < -0.39 is 10.8 Å². The van der Waals surface area contributed by atoms with Crippen LogP contribution in [0.3, 0.4) is 0 Å². The van der Waals surface area contributed by atoms with Gasteiger partial charge in [0.2, 0.25) is 0 Å². The fourth-order valence-corrected chi connectivity index (χ4v) is 16.1. The normalized spacial score (nSPS) is 15.6. The summed E-state index contributed by atoms with van der Waals surface area (Å²) in [6.45, 7) is 0. The molecule has 0 amide bonds. The van der Waals surface area contributed by atoms with Crippen molar-refractivity contribution in [1.29, 1.82) is 0 Å². The number of nitrogens with zero attached hydrogens (tertiary/aromatic N) is 2. The summed E-state index contributed by atoms with van der Waals surface area (Å²) in [7, 11) is 0. The second-order valence-electron chi connectivity index (χ2n) is 23.8. The molecule has 0 heterocycles. The molecule has 0 bridgehead atoms. The van der Waals surface area contributed by atoms with Crippen LogP contribution in [0.2, 0.25) is 0 Å². The topological polar surface area (TPSA) is 6.48 Å². The number of hydrogen-bond acceptors (Lipinski definition) is 2. The predicted molar refractivity (Wildman–Crippen MR) is 371 cm³/mol. The first kappa shape index (κ1) is 50.0. The van der Waals surface area contributed by atoms with Gasteiger partial charge >= 0.3 is 0 Å². The lowest BCUT2D eigenvalue weighted by Gasteiger charge is -2.51. The van der Waals surface area contributed by atoms with Gasteiger partial charge in [-0.1, -0.05) is 279 Å². The molecule has 0 spiro atoms. The summed E-state index contributed by atoms with van der Waals surface area (Å²) in [4.78, 5) is 5.05. The highest BCUT2D eigenvalue weighted by Crippen LogP contribution is 2.73. The summed E-state index contributed by atoms with van der Waals surface area (Å²) in [6.07, 6.45) is 0. The predicted octanol–water partition coefficient (Wildman–Crippen LogP) is 22.9. The van der Waals surface area contributed by atoms with Crippen molar-refractivity contribution >= 4 is 98.8 Å². The molecule has 410 valence electrons. The van der Waals surface area contributed by atoms with Gasteiger partial charge < -0.3 is 9.80 Å². The quantitative estimate of drug-likeness (QED) is 0.142. The Bertz CT molecular complexity index is 5120. The molecular formula is C86H56N2. The van der Waals surface area contributed by atoms with Crippen molar-refractivity contribution in [2.45, 2.75) is 10.8 Å². The van der Waals surface area contributed by atoms with Gasteiger partial charge in [-0.15, -0.1) is 0 Å². The van der Waals surface area contributed by atoms with Crippen LogP contribution < -0.4 is 9.80 Å². The van der Waals surface area contributed by atoms with Crippen LogP contribution in [0.4, 0.5) is 34.1 Å². The molecule has 18 rings (SSSR count). The van der Waals surface area contributed by atoms with Crippen molar-refractivity contribution in [2.24, 2.45) is 0 Å². The minimum absolute atomic E-state index is 0.989. The van der Waals surface area contributed by atoms with Gasteiger partial charge in [-0.05, 0) is 170 Å². The number of hydrogen-bond donors (Lipinski definition) is 0. The third kappa shape index (κ3) is 7.06. The summed E-state index contributed by atoms with van der Waals surface area (Å²) in [5, 5.41) is 14.4. The maximum Gasteiger partial charge on any atom is 0.0642 e. The zero-order valence-electron chi connectivity index (χ0n) is 48.2. The number of fused-ring (bicyclic) bond motifs is 16. The Hall–Kier alpha value is -11.3. The first-order valence-corrected chi connectivity index (χ1v) is 30.7. The van der Waals surface area contributed by atoms with Crippen molar-refractivity contribution in [2.75, 3.05) is 9.80 Å². The second kappa shape index (κ2) is 19.6.